The molecule has 0 bridgehead atoms. The number of rotatable bonds is 3. The number of benzene rings is 4. The molecule has 0 radical (unpaired) electrons. The minimum Gasteiger partial charge on any atom is -0.310 e. The average Bonchev–Trinajstić information content (AvgIpc) is 2.80. The fourth-order valence-electron chi connectivity index (χ4n) is 4.64. The third kappa shape index (κ3) is 3.16. The molecular weight excluding hydrogens is 378 g/mol. The van der Waals surface area contributed by atoms with Gasteiger partial charge in [-0.25, -0.2) is 0 Å². The second-order valence-electron chi connectivity index (χ2n) is 8.68. The Morgan fingerprint density at radius 2 is 1.29 bits per heavy atom. The molecule has 0 amide bonds. The third-order valence-electron chi connectivity index (χ3n) is 6.37. The van der Waals surface area contributed by atoms with Gasteiger partial charge in [0, 0.05) is 16.7 Å². The number of para-hydroxylation sites is 2. The zero-order valence-corrected chi connectivity index (χ0v) is 18.1. The number of hydrogen-bond acceptors (Lipinski definition) is 2. The van der Waals surface area contributed by atoms with Crippen LogP contribution in [0.4, 0.5) is 17.1 Å². The largest absolute Gasteiger partial charge is 0.310 e. The van der Waals surface area contributed by atoms with E-state index in [2.05, 4.69) is 91.5 Å². The first kappa shape index (κ1) is 19.3. The van der Waals surface area contributed by atoms with E-state index >= 15 is 0 Å². The maximum atomic E-state index is 11.7. The van der Waals surface area contributed by atoms with Gasteiger partial charge in [-0.3, -0.25) is 4.79 Å². The van der Waals surface area contributed by atoms with Gasteiger partial charge >= 0.3 is 0 Å². The third-order valence-corrected chi connectivity index (χ3v) is 6.37. The highest BCUT2D eigenvalue weighted by Gasteiger charge is 2.36. The lowest BCUT2D eigenvalue weighted by Crippen LogP contribution is -2.30. The summed E-state index contributed by atoms with van der Waals surface area (Å²) >= 11 is 0. The predicted octanol–water partition coefficient (Wildman–Crippen LogP) is 7.67. The molecule has 1 aliphatic rings. The number of hydrogen-bond donors (Lipinski definition) is 0. The molecule has 0 N–H and O–H groups in total. The van der Waals surface area contributed by atoms with Gasteiger partial charge < -0.3 is 4.90 Å². The first-order valence-corrected chi connectivity index (χ1v) is 10.7. The molecule has 0 saturated carbocycles. The molecule has 1 heterocycles. The van der Waals surface area contributed by atoms with Crippen LogP contribution in [0.25, 0.3) is 11.1 Å². The number of anilines is 3. The summed E-state index contributed by atoms with van der Waals surface area (Å²) in [5.41, 5.74) is 9.09. The SMILES string of the molecule is CC(=O)c1ccc(-c2ccc3c(c2)C(C)(C)c2ccccc2N3c2ccccc2)cc1. The topological polar surface area (TPSA) is 20.3 Å². The summed E-state index contributed by atoms with van der Waals surface area (Å²) in [6, 6.07) is 33.9. The normalized spacial score (nSPS) is 14.0. The summed E-state index contributed by atoms with van der Waals surface area (Å²) in [6.07, 6.45) is 0. The Kier molecular flexibility index (Phi) is 4.51. The molecule has 152 valence electrons. The Morgan fingerprint density at radius 1 is 0.677 bits per heavy atom. The summed E-state index contributed by atoms with van der Waals surface area (Å²) in [5, 5.41) is 0. The Balaban J connectivity index is 1.70. The van der Waals surface area contributed by atoms with Crippen LogP contribution in [0.1, 0.15) is 42.3 Å². The zero-order valence-electron chi connectivity index (χ0n) is 18.1. The molecule has 0 fully saturated rings. The van der Waals surface area contributed by atoms with Gasteiger partial charge in [-0.05, 0) is 59.5 Å². The Hall–Kier alpha value is -3.65. The van der Waals surface area contributed by atoms with Crippen LogP contribution in [-0.4, -0.2) is 5.78 Å². The van der Waals surface area contributed by atoms with E-state index in [0.717, 1.165) is 22.4 Å². The Labute approximate surface area is 183 Å². The Morgan fingerprint density at radius 3 is 2.00 bits per heavy atom. The van der Waals surface area contributed by atoms with Gasteiger partial charge in [0.1, 0.15) is 0 Å². The fourth-order valence-corrected chi connectivity index (χ4v) is 4.64. The first-order chi connectivity index (χ1) is 15.0. The summed E-state index contributed by atoms with van der Waals surface area (Å²) in [4.78, 5) is 14.0. The van der Waals surface area contributed by atoms with Crippen LogP contribution in [0.5, 0.6) is 0 Å². The van der Waals surface area contributed by atoms with Crippen LogP contribution in [0.3, 0.4) is 0 Å². The highest BCUT2D eigenvalue weighted by Crippen LogP contribution is 2.52. The molecule has 4 aromatic carbocycles. The van der Waals surface area contributed by atoms with Gasteiger partial charge in [0.25, 0.3) is 0 Å². The second kappa shape index (κ2) is 7.24. The molecule has 0 aliphatic carbocycles. The van der Waals surface area contributed by atoms with Gasteiger partial charge in [0.05, 0.1) is 11.4 Å². The number of Topliss-reactive ketones (excluding diaryl/α,β-unsaturated/α-hetero) is 1. The molecule has 0 unspecified atom stereocenters. The highest BCUT2D eigenvalue weighted by atomic mass is 16.1. The summed E-state index contributed by atoms with van der Waals surface area (Å²) in [6.45, 7) is 6.21. The molecule has 31 heavy (non-hydrogen) atoms. The van der Waals surface area contributed by atoms with E-state index < -0.39 is 0 Å². The van der Waals surface area contributed by atoms with Crippen molar-refractivity contribution in [2.75, 3.05) is 4.90 Å². The summed E-state index contributed by atoms with van der Waals surface area (Å²) in [7, 11) is 0. The molecule has 4 aromatic rings. The lowest BCUT2D eigenvalue weighted by atomic mass is 9.73. The minimum atomic E-state index is -0.132. The molecule has 2 heteroatoms. The van der Waals surface area contributed by atoms with Crippen molar-refractivity contribution in [3.05, 3.63) is 114 Å². The zero-order chi connectivity index (χ0) is 21.6. The molecular formula is C29H25NO. The molecule has 0 atom stereocenters. The molecule has 2 nitrogen and oxygen atoms in total. The maximum Gasteiger partial charge on any atom is 0.159 e. The van der Waals surface area contributed by atoms with Crippen molar-refractivity contribution < 1.29 is 4.79 Å². The quantitative estimate of drug-likeness (QED) is 0.327. The van der Waals surface area contributed by atoms with Gasteiger partial charge in [0.15, 0.2) is 5.78 Å². The molecule has 1 aliphatic heterocycles. The lowest BCUT2D eigenvalue weighted by Gasteiger charge is -2.42. The van der Waals surface area contributed by atoms with E-state index in [1.54, 1.807) is 6.92 Å². The van der Waals surface area contributed by atoms with Crippen LogP contribution < -0.4 is 4.90 Å². The van der Waals surface area contributed by atoms with Crippen molar-refractivity contribution in [3.63, 3.8) is 0 Å². The molecule has 0 saturated heterocycles. The van der Waals surface area contributed by atoms with E-state index in [1.807, 2.05) is 24.3 Å². The smallest absolute Gasteiger partial charge is 0.159 e. The molecule has 0 aromatic heterocycles. The minimum absolute atomic E-state index is 0.0910. The van der Waals surface area contributed by atoms with E-state index in [-0.39, 0.29) is 11.2 Å². The Bertz CT molecular complexity index is 1270. The summed E-state index contributed by atoms with van der Waals surface area (Å²) < 4.78 is 0. The number of fused-ring (bicyclic) bond motifs is 2. The lowest BCUT2D eigenvalue weighted by molar-refractivity contribution is 0.101. The van der Waals surface area contributed by atoms with Crippen LogP contribution in [-0.2, 0) is 5.41 Å². The fraction of sp³-hybridized carbons (Fsp3) is 0.138. The van der Waals surface area contributed by atoms with Crippen molar-refractivity contribution in [1.82, 2.24) is 0 Å². The first-order valence-electron chi connectivity index (χ1n) is 10.7. The molecule has 0 spiro atoms. The van der Waals surface area contributed by atoms with Crippen molar-refractivity contribution in [1.29, 1.82) is 0 Å². The standard InChI is InChI=1S/C29H25NO/c1-20(31)21-13-15-22(16-14-21)23-17-18-28-26(19-23)29(2,3)25-11-7-8-12-27(25)30(28)24-9-5-4-6-10-24/h4-19H,1-3H3. The van der Waals surface area contributed by atoms with E-state index in [1.165, 1.54) is 22.5 Å². The maximum absolute atomic E-state index is 11.7. The van der Waals surface area contributed by atoms with E-state index in [9.17, 15) is 4.79 Å². The van der Waals surface area contributed by atoms with Crippen molar-refractivity contribution in [2.24, 2.45) is 0 Å². The average molecular weight is 404 g/mol. The number of nitrogens with zero attached hydrogens (tertiary/aromatic N) is 1. The van der Waals surface area contributed by atoms with Crippen LogP contribution in [0, 0.1) is 0 Å². The second-order valence-corrected chi connectivity index (χ2v) is 8.68. The van der Waals surface area contributed by atoms with Gasteiger partial charge in [-0.15, -0.1) is 0 Å². The van der Waals surface area contributed by atoms with Crippen molar-refractivity contribution >= 4 is 22.8 Å². The van der Waals surface area contributed by atoms with E-state index in [4.69, 9.17) is 0 Å². The van der Waals surface area contributed by atoms with E-state index in [0.29, 0.717) is 0 Å². The van der Waals surface area contributed by atoms with Crippen LogP contribution >= 0.6 is 0 Å². The van der Waals surface area contributed by atoms with Gasteiger partial charge in [-0.1, -0.05) is 80.6 Å². The number of ketones is 1. The van der Waals surface area contributed by atoms with Crippen LogP contribution in [0.2, 0.25) is 0 Å². The summed E-state index contributed by atoms with van der Waals surface area (Å²) in [5.74, 6) is 0.0910. The molecule has 5 rings (SSSR count). The van der Waals surface area contributed by atoms with Crippen molar-refractivity contribution in [3.8, 4) is 11.1 Å². The van der Waals surface area contributed by atoms with Crippen LogP contribution in [0.15, 0.2) is 97.1 Å². The predicted molar refractivity (Wildman–Crippen MR) is 129 cm³/mol. The van der Waals surface area contributed by atoms with Crippen molar-refractivity contribution in [2.45, 2.75) is 26.2 Å². The highest BCUT2D eigenvalue weighted by molar-refractivity contribution is 5.94. The number of carbonyl (C=O) groups is 1. The van der Waals surface area contributed by atoms with Gasteiger partial charge in [-0.2, -0.15) is 0 Å². The monoisotopic (exact) mass is 403 g/mol. The van der Waals surface area contributed by atoms with Gasteiger partial charge in [0.2, 0.25) is 0 Å². The number of carbonyl (C=O) groups excluding carboxylic acids is 1.